The van der Waals surface area contributed by atoms with Crippen LogP contribution in [0.2, 0.25) is 0 Å². The van der Waals surface area contributed by atoms with Crippen molar-refractivity contribution in [3.63, 3.8) is 0 Å². The summed E-state index contributed by atoms with van der Waals surface area (Å²) in [7, 11) is 1.52. The van der Waals surface area contributed by atoms with Crippen molar-refractivity contribution in [2.24, 2.45) is 0 Å². The summed E-state index contributed by atoms with van der Waals surface area (Å²) in [5, 5.41) is 9.33. The van der Waals surface area contributed by atoms with Crippen molar-refractivity contribution in [3.05, 3.63) is 29.5 Å². The fraction of sp³-hybridized carbons (Fsp3) is 0.167. The largest absolute Gasteiger partial charge is 0.495 e. The number of ketones is 1. The van der Waals surface area contributed by atoms with Gasteiger partial charge >= 0.3 is 5.97 Å². The van der Waals surface area contributed by atoms with Gasteiger partial charge < -0.3 is 14.8 Å². The van der Waals surface area contributed by atoms with Crippen molar-refractivity contribution in [1.29, 1.82) is 0 Å². The molecule has 0 fully saturated rings. The number of carbonyl (C=O) groups excluding carboxylic acids is 1. The Morgan fingerprint density at radius 1 is 1.35 bits per heavy atom. The van der Waals surface area contributed by atoms with Crippen molar-refractivity contribution in [2.45, 2.75) is 6.92 Å². The summed E-state index contributed by atoms with van der Waals surface area (Å²) in [5.74, 6) is -1.81. The fourth-order valence-electron chi connectivity index (χ4n) is 1.86. The number of H-pyrrole nitrogens is 1. The number of aliphatic carboxylic acids is 1. The van der Waals surface area contributed by atoms with Crippen LogP contribution < -0.4 is 4.74 Å². The quantitative estimate of drug-likeness (QED) is 0.625. The molecule has 0 spiro atoms. The van der Waals surface area contributed by atoms with Gasteiger partial charge in [-0.2, -0.15) is 0 Å². The SMILES string of the molecule is COc1ccc(C)c2c(C(=O)C(=O)O)c[nH]c12. The Balaban J connectivity index is 2.76. The molecule has 2 rings (SSSR count). The van der Waals surface area contributed by atoms with E-state index in [9.17, 15) is 9.59 Å². The molecular formula is C12H11NO4. The summed E-state index contributed by atoms with van der Waals surface area (Å²) in [4.78, 5) is 25.1. The van der Waals surface area contributed by atoms with Gasteiger partial charge in [0.1, 0.15) is 5.75 Å². The molecule has 0 radical (unpaired) electrons. The normalized spacial score (nSPS) is 10.5. The summed E-state index contributed by atoms with van der Waals surface area (Å²) in [6.45, 7) is 1.81. The van der Waals surface area contributed by atoms with Crippen LogP contribution in [0.25, 0.3) is 10.9 Å². The number of aromatic nitrogens is 1. The number of aromatic amines is 1. The highest BCUT2D eigenvalue weighted by molar-refractivity contribution is 6.42. The van der Waals surface area contributed by atoms with Crippen molar-refractivity contribution in [3.8, 4) is 5.75 Å². The average molecular weight is 233 g/mol. The summed E-state index contributed by atoms with van der Waals surface area (Å²) in [5.41, 5.74) is 1.62. The van der Waals surface area contributed by atoms with Crippen LogP contribution in [0.1, 0.15) is 15.9 Å². The Bertz CT molecular complexity index is 612. The number of carboxylic acids is 1. The van der Waals surface area contributed by atoms with Gasteiger partial charge in [0.25, 0.3) is 5.78 Å². The molecule has 1 heterocycles. The van der Waals surface area contributed by atoms with Gasteiger partial charge in [0.15, 0.2) is 0 Å². The number of carboxylic acid groups (broad SMARTS) is 1. The summed E-state index contributed by atoms with van der Waals surface area (Å²) in [6, 6.07) is 3.55. The Labute approximate surface area is 97.0 Å². The molecule has 0 saturated heterocycles. The highest BCUT2D eigenvalue weighted by atomic mass is 16.5. The minimum Gasteiger partial charge on any atom is -0.495 e. The van der Waals surface area contributed by atoms with E-state index < -0.39 is 11.8 Å². The van der Waals surface area contributed by atoms with E-state index in [0.717, 1.165) is 5.56 Å². The number of Topliss-reactive ketones (excluding diaryl/α,β-unsaturated/α-hetero) is 1. The van der Waals surface area contributed by atoms with Crippen molar-refractivity contribution >= 4 is 22.7 Å². The van der Waals surface area contributed by atoms with Crippen LogP contribution in [-0.4, -0.2) is 29.0 Å². The zero-order valence-corrected chi connectivity index (χ0v) is 9.40. The smallest absolute Gasteiger partial charge is 0.377 e. The first-order chi connectivity index (χ1) is 8.06. The Morgan fingerprint density at radius 2 is 2.06 bits per heavy atom. The molecule has 0 atom stereocenters. The first-order valence-electron chi connectivity index (χ1n) is 4.98. The lowest BCUT2D eigenvalue weighted by atomic mass is 10.0. The monoisotopic (exact) mass is 233 g/mol. The number of aryl methyl sites for hydroxylation is 1. The van der Waals surface area contributed by atoms with Crippen molar-refractivity contribution in [1.82, 2.24) is 4.98 Å². The molecule has 0 aliphatic heterocycles. The molecule has 1 aromatic heterocycles. The molecule has 0 aliphatic rings. The van der Waals surface area contributed by atoms with E-state index in [4.69, 9.17) is 9.84 Å². The van der Waals surface area contributed by atoms with Crippen molar-refractivity contribution < 1.29 is 19.4 Å². The van der Waals surface area contributed by atoms with Crippen LogP contribution in [0.5, 0.6) is 5.75 Å². The Morgan fingerprint density at radius 3 is 2.65 bits per heavy atom. The van der Waals surface area contributed by atoms with Crippen LogP contribution in [0, 0.1) is 6.92 Å². The number of carbonyl (C=O) groups is 2. The number of benzene rings is 1. The molecule has 0 saturated carbocycles. The maximum Gasteiger partial charge on any atom is 0.377 e. The third-order valence-electron chi connectivity index (χ3n) is 2.66. The number of methoxy groups -OCH3 is 1. The number of fused-ring (bicyclic) bond motifs is 1. The Hall–Kier alpha value is -2.30. The molecule has 2 aromatic rings. The zero-order valence-electron chi connectivity index (χ0n) is 9.40. The van der Waals surface area contributed by atoms with E-state index in [1.807, 2.05) is 6.92 Å². The minimum absolute atomic E-state index is 0.156. The fourth-order valence-corrected chi connectivity index (χ4v) is 1.86. The number of hydrogen-bond acceptors (Lipinski definition) is 3. The summed E-state index contributed by atoms with van der Waals surface area (Å²) >= 11 is 0. The first kappa shape index (κ1) is 11.2. The Kier molecular flexibility index (Phi) is 2.59. The van der Waals surface area contributed by atoms with Gasteiger partial charge in [-0.3, -0.25) is 4.79 Å². The topological polar surface area (TPSA) is 79.4 Å². The van der Waals surface area contributed by atoms with Gasteiger partial charge in [0.05, 0.1) is 18.2 Å². The second-order valence-corrected chi connectivity index (χ2v) is 3.67. The molecule has 0 aliphatic carbocycles. The third-order valence-corrected chi connectivity index (χ3v) is 2.66. The van der Waals surface area contributed by atoms with Gasteiger partial charge in [-0.25, -0.2) is 4.79 Å². The molecule has 0 amide bonds. The second kappa shape index (κ2) is 3.93. The molecule has 0 bridgehead atoms. The average Bonchev–Trinajstić information content (AvgIpc) is 2.74. The molecule has 0 unspecified atom stereocenters. The zero-order chi connectivity index (χ0) is 12.6. The molecule has 5 heteroatoms. The highest BCUT2D eigenvalue weighted by Gasteiger charge is 2.21. The molecule has 5 nitrogen and oxygen atoms in total. The predicted octanol–water partition coefficient (Wildman–Crippen LogP) is 1.75. The van der Waals surface area contributed by atoms with Crippen molar-refractivity contribution in [2.75, 3.05) is 7.11 Å². The van der Waals surface area contributed by atoms with Gasteiger partial charge in [0.2, 0.25) is 0 Å². The maximum atomic E-state index is 11.5. The van der Waals surface area contributed by atoms with E-state index in [1.165, 1.54) is 13.3 Å². The van der Waals surface area contributed by atoms with Gasteiger partial charge in [0, 0.05) is 11.6 Å². The van der Waals surface area contributed by atoms with Gasteiger partial charge in [-0.1, -0.05) is 6.07 Å². The molecule has 17 heavy (non-hydrogen) atoms. The van der Waals surface area contributed by atoms with Gasteiger partial charge in [-0.15, -0.1) is 0 Å². The lowest BCUT2D eigenvalue weighted by Crippen LogP contribution is -2.12. The van der Waals surface area contributed by atoms with Gasteiger partial charge in [-0.05, 0) is 18.6 Å². The first-order valence-corrected chi connectivity index (χ1v) is 4.98. The third kappa shape index (κ3) is 1.65. The summed E-state index contributed by atoms with van der Waals surface area (Å²) in [6.07, 6.45) is 1.40. The lowest BCUT2D eigenvalue weighted by molar-refractivity contribution is -0.131. The number of ether oxygens (including phenoxy) is 1. The number of hydrogen-bond donors (Lipinski definition) is 2. The highest BCUT2D eigenvalue weighted by Crippen LogP contribution is 2.30. The second-order valence-electron chi connectivity index (χ2n) is 3.67. The van der Waals surface area contributed by atoms with E-state index in [0.29, 0.717) is 16.7 Å². The minimum atomic E-state index is -1.46. The van der Waals surface area contributed by atoms with Crippen LogP contribution in [-0.2, 0) is 4.79 Å². The van der Waals surface area contributed by atoms with Crippen LogP contribution in [0.3, 0.4) is 0 Å². The van der Waals surface area contributed by atoms with E-state index in [2.05, 4.69) is 4.98 Å². The maximum absolute atomic E-state index is 11.5. The van der Waals surface area contributed by atoms with Crippen LogP contribution in [0.15, 0.2) is 18.3 Å². The standard InChI is InChI=1S/C12H11NO4/c1-6-3-4-8(17-2)10-9(6)7(5-13-10)11(14)12(15)16/h3-5,13H,1-2H3,(H,15,16). The van der Waals surface area contributed by atoms with E-state index in [-0.39, 0.29) is 5.56 Å². The number of nitrogens with one attached hydrogen (secondary N) is 1. The summed E-state index contributed by atoms with van der Waals surface area (Å²) < 4.78 is 5.15. The molecule has 1 aromatic carbocycles. The van der Waals surface area contributed by atoms with Crippen LogP contribution in [0.4, 0.5) is 0 Å². The van der Waals surface area contributed by atoms with E-state index in [1.54, 1.807) is 12.1 Å². The molecule has 88 valence electrons. The van der Waals surface area contributed by atoms with E-state index >= 15 is 0 Å². The van der Waals surface area contributed by atoms with Crippen LogP contribution >= 0.6 is 0 Å². The molecular weight excluding hydrogens is 222 g/mol. The number of rotatable bonds is 3. The lowest BCUT2D eigenvalue weighted by Gasteiger charge is -2.04. The predicted molar refractivity (Wildman–Crippen MR) is 61.6 cm³/mol. The molecule has 2 N–H and O–H groups in total.